The second kappa shape index (κ2) is 8.31. The van der Waals surface area contributed by atoms with Gasteiger partial charge >= 0.3 is 12.0 Å². The summed E-state index contributed by atoms with van der Waals surface area (Å²) in [7, 11) is 0. The fourth-order valence-corrected chi connectivity index (χ4v) is 1.79. The van der Waals surface area contributed by atoms with Crippen LogP contribution in [0.3, 0.4) is 0 Å². The van der Waals surface area contributed by atoms with Crippen LogP contribution in [0.25, 0.3) is 0 Å². The molecule has 1 unspecified atom stereocenters. The first kappa shape index (κ1) is 18.7. The molecule has 0 saturated heterocycles. The number of nitrogens with one attached hydrogen (secondary N) is 2. The molecule has 1 rings (SSSR count). The van der Waals surface area contributed by atoms with Gasteiger partial charge in [-0.3, -0.25) is 14.9 Å². The van der Waals surface area contributed by atoms with E-state index >= 15 is 0 Å². The van der Waals surface area contributed by atoms with Gasteiger partial charge in [0.15, 0.2) is 6.10 Å². The van der Waals surface area contributed by atoms with Crippen molar-refractivity contribution in [2.75, 3.05) is 0 Å². The molecular formula is C17H24N2O4. The maximum Gasteiger partial charge on any atom is 0.321 e. The molecule has 0 aliphatic carbocycles. The van der Waals surface area contributed by atoms with Crippen molar-refractivity contribution in [3.05, 3.63) is 35.9 Å². The van der Waals surface area contributed by atoms with Crippen LogP contribution >= 0.6 is 0 Å². The van der Waals surface area contributed by atoms with Gasteiger partial charge in [0, 0.05) is 12.0 Å². The largest absolute Gasteiger partial charge is 0.453 e. The molecule has 1 aromatic carbocycles. The van der Waals surface area contributed by atoms with Gasteiger partial charge in [-0.1, -0.05) is 30.3 Å². The maximum absolute atomic E-state index is 11.8. The Balaban J connectivity index is 2.36. The van der Waals surface area contributed by atoms with E-state index in [4.69, 9.17) is 4.74 Å². The van der Waals surface area contributed by atoms with E-state index in [-0.39, 0.29) is 6.42 Å². The van der Waals surface area contributed by atoms with Gasteiger partial charge < -0.3 is 10.1 Å². The quantitative estimate of drug-likeness (QED) is 0.814. The summed E-state index contributed by atoms with van der Waals surface area (Å²) in [5.74, 6) is -1.13. The van der Waals surface area contributed by atoms with Gasteiger partial charge in [-0.2, -0.15) is 0 Å². The molecular weight excluding hydrogens is 296 g/mol. The predicted molar refractivity (Wildman–Crippen MR) is 86.7 cm³/mol. The molecule has 0 aliphatic heterocycles. The Hall–Kier alpha value is -2.37. The molecule has 126 valence electrons. The van der Waals surface area contributed by atoms with Gasteiger partial charge in [0.25, 0.3) is 5.91 Å². The van der Waals surface area contributed by atoms with Gasteiger partial charge in [-0.25, -0.2) is 4.79 Å². The SMILES string of the molecule is CC(OC(=O)CCc1ccccc1)C(=O)NC(=O)NC(C)(C)C. The zero-order valence-electron chi connectivity index (χ0n) is 14.0. The Bertz CT molecular complexity index is 549. The number of ether oxygens (including phenoxy) is 1. The molecule has 6 heteroatoms. The molecule has 0 radical (unpaired) electrons. The van der Waals surface area contributed by atoms with E-state index in [1.807, 2.05) is 30.3 Å². The number of amides is 3. The predicted octanol–water partition coefficient (Wildman–Crippen LogP) is 2.18. The Kier molecular flexibility index (Phi) is 6.75. The summed E-state index contributed by atoms with van der Waals surface area (Å²) < 4.78 is 5.03. The van der Waals surface area contributed by atoms with Gasteiger partial charge in [0.05, 0.1) is 0 Å². The third-order valence-corrected chi connectivity index (χ3v) is 2.86. The molecule has 0 spiro atoms. The fraction of sp³-hybridized carbons (Fsp3) is 0.471. The second-order valence-electron chi connectivity index (χ2n) is 6.31. The molecule has 0 aromatic heterocycles. The molecule has 1 aromatic rings. The molecule has 3 amide bonds. The lowest BCUT2D eigenvalue weighted by atomic mass is 10.1. The highest BCUT2D eigenvalue weighted by molar-refractivity contribution is 5.97. The van der Waals surface area contributed by atoms with Crippen molar-refractivity contribution in [3.63, 3.8) is 0 Å². The van der Waals surface area contributed by atoms with Crippen LogP contribution in [0.1, 0.15) is 39.7 Å². The summed E-state index contributed by atoms with van der Waals surface area (Å²) in [4.78, 5) is 35.1. The first-order valence-corrected chi connectivity index (χ1v) is 7.54. The molecule has 2 N–H and O–H groups in total. The number of rotatable bonds is 5. The third-order valence-electron chi connectivity index (χ3n) is 2.86. The summed E-state index contributed by atoms with van der Waals surface area (Å²) in [5.41, 5.74) is 0.561. The molecule has 0 fully saturated rings. The Morgan fingerprint density at radius 3 is 2.30 bits per heavy atom. The number of hydrogen-bond acceptors (Lipinski definition) is 4. The Morgan fingerprint density at radius 1 is 1.13 bits per heavy atom. The number of carbonyl (C=O) groups is 3. The fourth-order valence-electron chi connectivity index (χ4n) is 1.79. The number of benzene rings is 1. The Labute approximate surface area is 136 Å². The molecule has 23 heavy (non-hydrogen) atoms. The van der Waals surface area contributed by atoms with Crippen LogP contribution in [0.2, 0.25) is 0 Å². The monoisotopic (exact) mass is 320 g/mol. The highest BCUT2D eigenvalue weighted by atomic mass is 16.5. The van der Waals surface area contributed by atoms with Crippen molar-refractivity contribution in [1.29, 1.82) is 0 Å². The minimum absolute atomic E-state index is 0.176. The second-order valence-corrected chi connectivity index (χ2v) is 6.31. The number of hydrogen-bond donors (Lipinski definition) is 2. The van der Waals surface area contributed by atoms with E-state index < -0.39 is 29.6 Å². The average molecular weight is 320 g/mol. The summed E-state index contributed by atoms with van der Waals surface area (Å²) >= 11 is 0. The van der Waals surface area contributed by atoms with E-state index in [1.54, 1.807) is 20.8 Å². The average Bonchev–Trinajstić information content (AvgIpc) is 2.44. The molecule has 0 bridgehead atoms. The van der Waals surface area contributed by atoms with Gasteiger partial charge in [0.1, 0.15) is 0 Å². The number of urea groups is 1. The number of esters is 1. The van der Waals surface area contributed by atoms with Crippen molar-refractivity contribution in [2.45, 2.75) is 52.2 Å². The minimum atomic E-state index is -1.02. The van der Waals surface area contributed by atoms with Crippen LogP contribution in [0, 0.1) is 0 Å². The topological polar surface area (TPSA) is 84.5 Å². The first-order valence-electron chi connectivity index (χ1n) is 7.54. The summed E-state index contributed by atoms with van der Waals surface area (Å²) in [6.07, 6.45) is -0.307. The number of carbonyl (C=O) groups excluding carboxylic acids is 3. The van der Waals surface area contributed by atoms with E-state index in [1.165, 1.54) is 6.92 Å². The van der Waals surface area contributed by atoms with E-state index in [0.29, 0.717) is 6.42 Å². The normalized spacial score (nSPS) is 12.2. The minimum Gasteiger partial charge on any atom is -0.453 e. The Morgan fingerprint density at radius 2 is 1.74 bits per heavy atom. The lowest BCUT2D eigenvalue weighted by molar-refractivity contribution is -0.154. The smallest absolute Gasteiger partial charge is 0.321 e. The van der Waals surface area contributed by atoms with Crippen molar-refractivity contribution in [1.82, 2.24) is 10.6 Å². The van der Waals surface area contributed by atoms with Crippen LogP contribution < -0.4 is 10.6 Å². The van der Waals surface area contributed by atoms with Crippen molar-refractivity contribution < 1.29 is 19.1 Å². The van der Waals surface area contributed by atoms with E-state index in [0.717, 1.165) is 5.56 Å². The van der Waals surface area contributed by atoms with Crippen molar-refractivity contribution in [2.24, 2.45) is 0 Å². The van der Waals surface area contributed by atoms with Crippen LogP contribution in [0.15, 0.2) is 30.3 Å². The lowest BCUT2D eigenvalue weighted by Crippen LogP contribution is -2.50. The summed E-state index contributed by atoms with van der Waals surface area (Å²) in [5, 5.41) is 4.74. The van der Waals surface area contributed by atoms with Crippen molar-refractivity contribution in [3.8, 4) is 0 Å². The zero-order chi connectivity index (χ0) is 17.5. The van der Waals surface area contributed by atoms with Gasteiger partial charge in [0.2, 0.25) is 0 Å². The maximum atomic E-state index is 11.8. The van der Waals surface area contributed by atoms with Gasteiger partial charge in [-0.05, 0) is 39.7 Å². The van der Waals surface area contributed by atoms with E-state index in [2.05, 4.69) is 10.6 Å². The highest BCUT2D eigenvalue weighted by Gasteiger charge is 2.21. The lowest BCUT2D eigenvalue weighted by Gasteiger charge is -2.21. The van der Waals surface area contributed by atoms with Crippen LogP contribution in [-0.4, -0.2) is 29.6 Å². The van der Waals surface area contributed by atoms with Crippen LogP contribution in [-0.2, 0) is 20.7 Å². The van der Waals surface area contributed by atoms with Crippen LogP contribution in [0.5, 0.6) is 0 Å². The van der Waals surface area contributed by atoms with Crippen LogP contribution in [0.4, 0.5) is 4.79 Å². The van der Waals surface area contributed by atoms with Crippen molar-refractivity contribution >= 4 is 17.9 Å². The van der Waals surface area contributed by atoms with Gasteiger partial charge in [-0.15, -0.1) is 0 Å². The molecule has 1 atom stereocenters. The van der Waals surface area contributed by atoms with E-state index in [9.17, 15) is 14.4 Å². The number of aryl methyl sites for hydroxylation is 1. The molecule has 0 heterocycles. The first-order chi connectivity index (χ1) is 10.7. The molecule has 6 nitrogen and oxygen atoms in total. The summed E-state index contributed by atoms with van der Waals surface area (Å²) in [6.45, 7) is 6.82. The number of imide groups is 1. The summed E-state index contributed by atoms with van der Waals surface area (Å²) in [6, 6.07) is 8.90. The third kappa shape index (κ3) is 7.99. The highest BCUT2D eigenvalue weighted by Crippen LogP contribution is 2.05. The molecule has 0 aliphatic rings. The standard InChI is InChI=1S/C17H24N2O4/c1-12(15(21)18-16(22)19-17(2,3)4)23-14(20)11-10-13-8-6-5-7-9-13/h5-9,12H,10-11H2,1-4H3,(H2,18,19,21,22). The zero-order valence-corrected chi connectivity index (χ0v) is 14.0. The molecule has 0 saturated carbocycles.